The van der Waals surface area contributed by atoms with Crippen molar-refractivity contribution in [3.63, 3.8) is 0 Å². The number of esters is 1. The first-order valence-electron chi connectivity index (χ1n) is 6.98. The van der Waals surface area contributed by atoms with E-state index in [4.69, 9.17) is 4.74 Å². The molecule has 0 atom stereocenters. The Labute approximate surface area is 123 Å². The van der Waals surface area contributed by atoms with Crippen molar-refractivity contribution < 1.29 is 19.1 Å². The van der Waals surface area contributed by atoms with Gasteiger partial charge in [0, 0.05) is 31.9 Å². The van der Waals surface area contributed by atoms with Crippen LogP contribution in [0.5, 0.6) is 0 Å². The molecular weight excluding hydrogens is 272 g/mol. The van der Waals surface area contributed by atoms with Crippen LogP contribution in [0.25, 0.3) is 0 Å². The number of methoxy groups -OCH3 is 1. The number of carbonyl (C=O) groups is 3. The average molecular weight is 292 g/mol. The molecular formula is C15H20N2O4. The van der Waals surface area contributed by atoms with Gasteiger partial charge in [0.25, 0.3) is 5.91 Å². The number of rotatable bonds is 3. The van der Waals surface area contributed by atoms with Crippen molar-refractivity contribution in [3.8, 4) is 0 Å². The quantitative estimate of drug-likeness (QED) is 0.621. The number of piperidine rings is 1. The third-order valence-electron chi connectivity index (χ3n) is 3.95. The number of ether oxygens (including phenoxy) is 1. The summed E-state index contributed by atoms with van der Waals surface area (Å²) >= 11 is 0. The minimum atomic E-state index is -0.208. The lowest BCUT2D eigenvalue weighted by Gasteiger charge is -2.30. The summed E-state index contributed by atoms with van der Waals surface area (Å²) in [4.78, 5) is 37.1. The van der Waals surface area contributed by atoms with Gasteiger partial charge in [-0.15, -0.1) is 0 Å². The highest BCUT2D eigenvalue weighted by atomic mass is 16.5. The van der Waals surface area contributed by atoms with Crippen molar-refractivity contribution in [1.29, 1.82) is 0 Å². The van der Waals surface area contributed by atoms with Crippen LogP contribution in [0.1, 0.15) is 40.6 Å². The molecule has 1 aliphatic rings. The Kier molecular flexibility index (Phi) is 4.45. The molecule has 0 bridgehead atoms. The molecule has 1 aromatic rings. The van der Waals surface area contributed by atoms with Gasteiger partial charge in [-0.25, -0.2) is 0 Å². The Morgan fingerprint density at radius 3 is 2.33 bits per heavy atom. The summed E-state index contributed by atoms with van der Waals surface area (Å²) in [5.74, 6) is -0.498. The monoisotopic (exact) mass is 292 g/mol. The number of aryl methyl sites for hydroxylation is 1. The van der Waals surface area contributed by atoms with Gasteiger partial charge in [-0.2, -0.15) is 0 Å². The second-order valence-corrected chi connectivity index (χ2v) is 5.37. The second-order valence-electron chi connectivity index (χ2n) is 5.37. The van der Waals surface area contributed by atoms with Crippen molar-refractivity contribution in [1.82, 2.24) is 9.47 Å². The highest BCUT2D eigenvalue weighted by molar-refractivity contribution is 5.99. The Hall–Kier alpha value is -2.11. The molecule has 1 aliphatic heterocycles. The predicted molar refractivity (Wildman–Crippen MR) is 76.1 cm³/mol. The van der Waals surface area contributed by atoms with Gasteiger partial charge in [0.2, 0.25) is 0 Å². The molecule has 0 spiro atoms. The fourth-order valence-corrected chi connectivity index (χ4v) is 2.62. The summed E-state index contributed by atoms with van der Waals surface area (Å²) in [5.41, 5.74) is 1.03. The van der Waals surface area contributed by atoms with Crippen molar-refractivity contribution in [3.05, 3.63) is 23.5 Å². The highest BCUT2D eigenvalue weighted by Crippen LogP contribution is 2.20. The van der Waals surface area contributed by atoms with Crippen LogP contribution in [0.3, 0.4) is 0 Å². The van der Waals surface area contributed by atoms with E-state index in [0.29, 0.717) is 37.2 Å². The molecule has 1 amide bonds. The third kappa shape index (κ3) is 3.15. The van der Waals surface area contributed by atoms with E-state index in [1.165, 1.54) is 14.0 Å². The fourth-order valence-electron chi connectivity index (χ4n) is 2.62. The highest BCUT2D eigenvalue weighted by Gasteiger charge is 2.29. The van der Waals surface area contributed by atoms with Crippen LogP contribution >= 0.6 is 0 Å². The summed E-state index contributed by atoms with van der Waals surface area (Å²) in [6, 6.07) is 1.62. The summed E-state index contributed by atoms with van der Waals surface area (Å²) in [5, 5.41) is 0. The molecule has 6 heteroatoms. The van der Waals surface area contributed by atoms with Gasteiger partial charge in [-0.1, -0.05) is 0 Å². The lowest BCUT2D eigenvalue weighted by molar-refractivity contribution is -0.146. The summed E-state index contributed by atoms with van der Waals surface area (Å²) in [6.07, 6.45) is 2.89. The summed E-state index contributed by atoms with van der Waals surface area (Å²) in [6.45, 7) is 2.53. The minimum Gasteiger partial charge on any atom is -0.469 e. The van der Waals surface area contributed by atoms with Gasteiger partial charge in [-0.3, -0.25) is 14.4 Å². The number of likely N-dealkylation sites (tertiary alicyclic amines) is 1. The Morgan fingerprint density at radius 2 is 1.86 bits per heavy atom. The number of nitrogens with zero attached hydrogens (tertiary/aromatic N) is 2. The van der Waals surface area contributed by atoms with E-state index in [1.54, 1.807) is 28.8 Å². The summed E-state index contributed by atoms with van der Waals surface area (Å²) in [7, 11) is 3.13. The fraction of sp³-hybridized carbons (Fsp3) is 0.533. The van der Waals surface area contributed by atoms with Crippen LogP contribution in [-0.2, 0) is 16.6 Å². The standard InChI is InChI=1S/C15H20N2O4/c1-10(18)12-8-13(16(2)9-12)14(19)17-6-4-11(5-7-17)15(20)21-3/h8-9,11H,4-7H2,1-3H3. The smallest absolute Gasteiger partial charge is 0.308 e. The van der Waals surface area contributed by atoms with Crippen LogP contribution in [0.2, 0.25) is 0 Å². The number of ketones is 1. The van der Waals surface area contributed by atoms with Crippen molar-refractivity contribution in [2.24, 2.45) is 13.0 Å². The van der Waals surface area contributed by atoms with Gasteiger partial charge in [-0.05, 0) is 25.8 Å². The van der Waals surface area contributed by atoms with Crippen LogP contribution in [0.15, 0.2) is 12.3 Å². The summed E-state index contributed by atoms with van der Waals surface area (Å²) < 4.78 is 6.41. The van der Waals surface area contributed by atoms with E-state index in [0.717, 1.165) is 0 Å². The first-order valence-corrected chi connectivity index (χ1v) is 6.98. The van der Waals surface area contributed by atoms with Gasteiger partial charge < -0.3 is 14.2 Å². The number of hydrogen-bond donors (Lipinski definition) is 0. The van der Waals surface area contributed by atoms with Crippen LogP contribution in [0, 0.1) is 5.92 Å². The number of Topliss-reactive ketones (excluding diaryl/α,β-unsaturated/α-hetero) is 1. The zero-order valence-corrected chi connectivity index (χ0v) is 12.6. The van der Waals surface area contributed by atoms with Crippen molar-refractivity contribution in [2.75, 3.05) is 20.2 Å². The Morgan fingerprint density at radius 1 is 1.24 bits per heavy atom. The Balaban J connectivity index is 2.05. The molecule has 1 saturated heterocycles. The largest absolute Gasteiger partial charge is 0.469 e. The number of carbonyl (C=O) groups excluding carboxylic acids is 3. The normalized spacial score (nSPS) is 15.9. The number of hydrogen-bond acceptors (Lipinski definition) is 4. The number of amides is 1. The molecule has 21 heavy (non-hydrogen) atoms. The molecule has 6 nitrogen and oxygen atoms in total. The molecule has 2 rings (SSSR count). The molecule has 2 heterocycles. The Bertz CT molecular complexity index is 568. The van der Waals surface area contributed by atoms with E-state index >= 15 is 0 Å². The van der Waals surface area contributed by atoms with Gasteiger partial charge in [0.15, 0.2) is 5.78 Å². The van der Waals surface area contributed by atoms with E-state index in [2.05, 4.69) is 0 Å². The topological polar surface area (TPSA) is 68.6 Å². The van der Waals surface area contributed by atoms with E-state index < -0.39 is 0 Å². The molecule has 0 saturated carbocycles. The zero-order valence-electron chi connectivity index (χ0n) is 12.6. The predicted octanol–water partition coefficient (Wildman–Crippen LogP) is 1.25. The second kappa shape index (κ2) is 6.11. The maximum atomic E-state index is 12.5. The van der Waals surface area contributed by atoms with E-state index in [1.807, 2.05) is 0 Å². The SMILES string of the molecule is COC(=O)C1CCN(C(=O)c2cc(C(C)=O)cn2C)CC1. The van der Waals surface area contributed by atoms with Gasteiger partial charge >= 0.3 is 5.97 Å². The van der Waals surface area contributed by atoms with Crippen molar-refractivity contribution in [2.45, 2.75) is 19.8 Å². The maximum Gasteiger partial charge on any atom is 0.308 e. The third-order valence-corrected chi connectivity index (χ3v) is 3.95. The van der Waals surface area contributed by atoms with Crippen molar-refractivity contribution >= 4 is 17.7 Å². The van der Waals surface area contributed by atoms with E-state index in [-0.39, 0.29) is 23.6 Å². The lowest BCUT2D eigenvalue weighted by atomic mass is 9.97. The van der Waals surface area contributed by atoms with Crippen LogP contribution in [-0.4, -0.2) is 47.3 Å². The molecule has 0 radical (unpaired) electrons. The minimum absolute atomic E-state index is 0.0611. The molecule has 1 fully saturated rings. The molecule has 0 aliphatic carbocycles. The van der Waals surface area contributed by atoms with Gasteiger partial charge in [0.1, 0.15) is 5.69 Å². The van der Waals surface area contributed by atoms with Gasteiger partial charge in [0.05, 0.1) is 13.0 Å². The molecule has 1 aromatic heterocycles. The molecule has 114 valence electrons. The van der Waals surface area contributed by atoms with E-state index in [9.17, 15) is 14.4 Å². The number of aromatic nitrogens is 1. The average Bonchev–Trinajstić information content (AvgIpc) is 2.88. The maximum absolute atomic E-state index is 12.5. The van der Waals surface area contributed by atoms with Crippen LogP contribution in [0.4, 0.5) is 0 Å². The first-order chi connectivity index (χ1) is 9.93. The van der Waals surface area contributed by atoms with Crippen LogP contribution < -0.4 is 0 Å². The molecule has 0 N–H and O–H groups in total. The lowest BCUT2D eigenvalue weighted by Crippen LogP contribution is -2.41. The molecule has 0 aromatic carbocycles. The molecule has 0 unspecified atom stereocenters. The first kappa shape index (κ1) is 15.3. The zero-order chi connectivity index (χ0) is 15.6.